The number of methoxy groups -OCH3 is 1. The molecule has 1 saturated heterocycles. The molecule has 3 aromatic rings. The third-order valence-electron chi connectivity index (χ3n) is 9.19. The summed E-state index contributed by atoms with van der Waals surface area (Å²) in [7, 11) is 1.73. The molecule has 0 bridgehead atoms. The Labute approximate surface area is 281 Å². The summed E-state index contributed by atoms with van der Waals surface area (Å²) in [5.74, 6) is -1.13. The minimum Gasteiger partial charge on any atom is -0.381 e. The van der Waals surface area contributed by atoms with E-state index < -0.39 is 18.0 Å². The van der Waals surface area contributed by atoms with Gasteiger partial charge >= 0.3 is 0 Å². The lowest BCUT2D eigenvalue weighted by molar-refractivity contribution is -0.142. The van der Waals surface area contributed by atoms with E-state index in [1.807, 2.05) is 37.3 Å². The number of ether oxygens (including phenoxy) is 1. The Morgan fingerprint density at radius 2 is 1.64 bits per heavy atom. The number of aryl methyl sites for hydroxylation is 1. The quantitative estimate of drug-likeness (QED) is 0.260. The van der Waals surface area contributed by atoms with E-state index in [-0.39, 0.29) is 43.1 Å². The van der Waals surface area contributed by atoms with Crippen LogP contribution in [0.15, 0.2) is 72.8 Å². The first-order chi connectivity index (χ1) is 22.7. The summed E-state index contributed by atoms with van der Waals surface area (Å²) >= 11 is 6.20. The molecule has 9 nitrogen and oxygen atoms in total. The topological polar surface area (TPSA) is 108 Å². The van der Waals surface area contributed by atoms with E-state index in [2.05, 4.69) is 15.5 Å². The zero-order chi connectivity index (χ0) is 33.3. The normalized spacial score (nSPS) is 17.4. The first-order valence-electron chi connectivity index (χ1n) is 16.3. The predicted molar refractivity (Wildman–Crippen MR) is 182 cm³/mol. The van der Waals surface area contributed by atoms with Crippen LogP contribution in [-0.2, 0) is 32.1 Å². The summed E-state index contributed by atoms with van der Waals surface area (Å²) in [5, 5.41) is 6.56. The van der Waals surface area contributed by atoms with Gasteiger partial charge in [0.1, 0.15) is 12.1 Å². The Balaban J connectivity index is 1.32. The Bertz CT molecular complexity index is 1570. The lowest BCUT2D eigenvalue weighted by Crippen LogP contribution is -2.56. The fourth-order valence-electron chi connectivity index (χ4n) is 6.32. The second kappa shape index (κ2) is 16.2. The number of likely N-dealkylation sites (tertiary alicyclic amines) is 1. The molecule has 1 fully saturated rings. The van der Waals surface area contributed by atoms with Crippen molar-refractivity contribution in [2.45, 2.75) is 70.2 Å². The lowest BCUT2D eigenvalue weighted by atomic mass is 9.92. The number of fused-ring (bicyclic) bond motifs is 1. The number of amides is 3. The fourth-order valence-corrected chi connectivity index (χ4v) is 6.44. The highest BCUT2D eigenvalue weighted by molar-refractivity contribution is 6.31. The molecule has 2 atom stereocenters. The van der Waals surface area contributed by atoms with E-state index in [1.54, 1.807) is 54.5 Å². The SMILES string of the molecule is COC1CCN(CCC(NC(=O)[C@@H]2Cc3ccccc3CN2C(=O)CCC(=O)c2ccccc2)C(=O)Nc2ccc(Cl)c(C)c2)CC1. The van der Waals surface area contributed by atoms with Crippen LogP contribution in [0, 0.1) is 6.92 Å². The summed E-state index contributed by atoms with van der Waals surface area (Å²) in [6.45, 7) is 4.43. The van der Waals surface area contributed by atoms with Gasteiger partial charge in [0.15, 0.2) is 5.78 Å². The minimum absolute atomic E-state index is 0.0169. The van der Waals surface area contributed by atoms with Gasteiger partial charge < -0.3 is 25.2 Å². The number of rotatable bonds is 12. The van der Waals surface area contributed by atoms with E-state index in [1.165, 1.54) is 0 Å². The van der Waals surface area contributed by atoms with Gasteiger partial charge in [0.05, 0.1) is 6.10 Å². The van der Waals surface area contributed by atoms with Crippen molar-refractivity contribution in [3.05, 3.63) is 100 Å². The number of piperidine rings is 1. The molecule has 2 heterocycles. The highest BCUT2D eigenvalue weighted by Crippen LogP contribution is 2.26. The lowest BCUT2D eigenvalue weighted by Gasteiger charge is -2.37. The number of hydrogen-bond acceptors (Lipinski definition) is 6. The van der Waals surface area contributed by atoms with E-state index in [0.29, 0.717) is 35.7 Å². The van der Waals surface area contributed by atoms with Crippen molar-refractivity contribution >= 4 is 40.8 Å². The van der Waals surface area contributed by atoms with E-state index in [9.17, 15) is 19.2 Å². The number of halogens is 1. The van der Waals surface area contributed by atoms with Crippen LogP contribution in [0.1, 0.15) is 59.2 Å². The van der Waals surface area contributed by atoms with Crippen molar-refractivity contribution in [1.29, 1.82) is 0 Å². The molecule has 0 spiro atoms. The summed E-state index contributed by atoms with van der Waals surface area (Å²) in [6.07, 6.45) is 2.79. The van der Waals surface area contributed by atoms with Crippen LogP contribution in [-0.4, -0.2) is 78.2 Å². The summed E-state index contributed by atoms with van der Waals surface area (Å²) in [4.78, 5) is 58.1. The average Bonchev–Trinajstić information content (AvgIpc) is 3.10. The molecule has 0 aliphatic carbocycles. The fraction of sp³-hybridized carbons (Fsp3) is 0.405. The Morgan fingerprint density at radius 1 is 0.936 bits per heavy atom. The average molecular weight is 659 g/mol. The number of benzene rings is 3. The van der Waals surface area contributed by atoms with E-state index in [4.69, 9.17) is 16.3 Å². The zero-order valence-corrected chi connectivity index (χ0v) is 27.8. The first kappa shape index (κ1) is 34.3. The summed E-state index contributed by atoms with van der Waals surface area (Å²) < 4.78 is 5.51. The molecular formula is C37H43ClN4O5. The van der Waals surface area contributed by atoms with Crippen LogP contribution in [0.2, 0.25) is 5.02 Å². The highest BCUT2D eigenvalue weighted by atomic mass is 35.5. The summed E-state index contributed by atoms with van der Waals surface area (Å²) in [6, 6.07) is 20.2. The van der Waals surface area contributed by atoms with Gasteiger partial charge in [-0.15, -0.1) is 0 Å². The second-order valence-corrected chi connectivity index (χ2v) is 12.8. The van der Waals surface area contributed by atoms with Crippen molar-refractivity contribution < 1.29 is 23.9 Å². The van der Waals surface area contributed by atoms with Gasteiger partial charge in [-0.25, -0.2) is 0 Å². The molecule has 0 aromatic heterocycles. The number of nitrogens with one attached hydrogen (secondary N) is 2. The molecule has 3 amide bonds. The third kappa shape index (κ3) is 9.06. The number of Topliss-reactive ketones (excluding diaryl/α,β-unsaturated/α-hetero) is 1. The van der Waals surface area contributed by atoms with Gasteiger partial charge in [0.2, 0.25) is 17.7 Å². The molecule has 0 radical (unpaired) electrons. The largest absolute Gasteiger partial charge is 0.381 e. The Hall–Kier alpha value is -4.05. The maximum absolute atomic E-state index is 14.1. The van der Waals surface area contributed by atoms with Crippen LogP contribution in [0.3, 0.4) is 0 Å². The number of nitrogens with zero attached hydrogens (tertiary/aromatic N) is 2. The molecular weight excluding hydrogens is 616 g/mol. The Kier molecular flexibility index (Phi) is 11.8. The standard InChI is InChI=1S/C37H43ClN4O5/c1-25-22-29(12-13-31(25)38)39-36(45)32(18-21-41-19-16-30(47-2)17-20-41)40-37(46)33-23-27-10-6-7-11-28(27)24-42(33)35(44)15-14-34(43)26-8-4-3-5-9-26/h3-13,22,30,32-33H,14-21,23-24H2,1-2H3,(H,39,45)(H,40,46)/t32?,33-/m0/s1. The monoisotopic (exact) mass is 658 g/mol. The van der Waals surface area contributed by atoms with Crippen molar-refractivity contribution in [3.63, 3.8) is 0 Å². The van der Waals surface area contributed by atoms with Crippen molar-refractivity contribution in [3.8, 4) is 0 Å². The molecule has 248 valence electrons. The number of carbonyl (C=O) groups is 4. The van der Waals surface area contributed by atoms with Crippen LogP contribution in [0.5, 0.6) is 0 Å². The molecule has 2 aliphatic heterocycles. The molecule has 0 saturated carbocycles. The van der Waals surface area contributed by atoms with Crippen LogP contribution in [0.4, 0.5) is 5.69 Å². The number of carbonyl (C=O) groups excluding carboxylic acids is 4. The first-order valence-corrected chi connectivity index (χ1v) is 16.7. The minimum atomic E-state index is -0.840. The van der Waals surface area contributed by atoms with Crippen LogP contribution in [0.25, 0.3) is 0 Å². The van der Waals surface area contributed by atoms with Crippen molar-refractivity contribution in [2.75, 3.05) is 32.1 Å². The molecule has 3 aromatic carbocycles. The van der Waals surface area contributed by atoms with Gasteiger partial charge in [0.25, 0.3) is 0 Å². The van der Waals surface area contributed by atoms with E-state index in [0.717, 1.165) is 42.6 Å². The van der Waals surface area contributed by atoms with E-state index >= 15 is 0 Å². The van der Waals surface area contributed by atoms with Gasteiger partial charge in [-0.2, -0.15) is 0 Å². The molecule has 47 heavy (non-hydrogen) atoms. The maximum atomic E-state index is 14.1. The van der Waals surface area contributed by atoms with Crippen molar-refractivity contribution in [2.24, 2.45) is 0 Å². The number of anilines is 1. The zero-order valence-electron chi connectivity index (χ0n) is 27.0. The maximum Gasteiger partial charge on any atom is 0.246 e. The van der Waals surface area contributed by atoms with Gasteiger partial charge in [-0.05, 0) is 61.1 Å². The van der Waals surface area contributed by atoms with Gasteiger partial charge in [0, 0.05) is 68.8 Å². The highest BCUT2D eigenvalue weighted by Gasteiger charge is 2.36. The van der Waals surface area contributed by atoms with Gasteiger partial charge in [-0.1, -0.05) is 66.2 Å². The van der Waals surface area contributed by atoms with Crippen molar-refractivity contribution in [1.82, 2.24) is 15.1 Å². The smallest absolute Gasteiger partial charge is 0.246 e. The number of ketones is 1. The van der Waals surface area contributed by atoms with Crippen LogP contribution >= 0.6 is 11.6 Å². The molecule has 1 unspecified atom stereocenters. The third-order valence-corrected chi connectivity index (χ3v) is 9.62. The van der Waals surface area contributed by atoms with Crippen LogP contribution < -0.4 is 10.6 Å². The Morgan fingerprint density at radius 3 is 2.34 bits per heavy atom. The molecule has 10 heteroatoms. The number of hydrogen-bond donors (Lipinski definition) is 2. The van der Waals surface area contributed by atoms with Gasteiger partial charge in [-0.3, -0.25) is 19.2 Å². The predicted octanol–water partition coefficient (Wildman–Crippen LogP) is 5.19. The second-order valence-electron chi connectivity index (χ2n) is 12.4. The molecule has 2 aliphatic rings. The molecule has 2 N–H and O–H groups in total. The molecule has 5 rings (SSSR count). The summed E-state index contributed by atoms with van der Waals surface area (Å²) in [5.41, 5.74) is 3.91.